The number of guanidine groups is 1. The maximum absolute atomic E-state index is 12.4. The van der Waals surface area contributed by atoms with Gasteiger partial charge in [0.05, 0.1) is 11.6 Å². The minimum absolute atomic E-state index is 0. The Labute approximate surface area is 148 Å². The summed E-state index contributed by atoms with van der Waals surface area (Å²) < 4.78 is 42.4. The molecule has 0 aliphatic rings. The van der Waals surface area contributed by atoms with Gasteiger partial charge >= 0.3 is 6.18 Å². The van der Waals surface area contributed by atoms with Crippen LogP contribution in [0.3, 0.4) is 0 Å². The number of rotatable bonds is 7. The molecule has 0 saturated carbocycles. The van der Waals surface area contributed by atoms with E-state index in [2.05, 4.69) is 20.6 Å². The largest absolute Gasteiger partial charge is 0.434 e. The first kappa shape index (κ1) is 21.4. The Bertz CT molecular complexity index is 454. The summed E-state index contributed by atoms with van der Waals surface area (Å²) >= 11 is 1.01. The first-order valence-electron chi connectivity index (χ1n) is 6.51. The second kappa shape index (κ2) is 11.0. The van der Waals surface area contributed by atoms with Gasteiger partial charge in [-0.1, -0.05) is 0 Å². The Morgan fingerprint density at radius 1 is 1.36 bits per heavy atom. The van der Waals surface area contributed by atoms with Crippen LogP contribution >= 0.6 is 35.3 Å². The molecule has 0 saturated heterocycles. The molecule has 0 atom stereocenters. The number of nitrogens with zero attached hydrogens (tertiary/aromatic N) is 2. The topological polar surface area (TPSA) is 58.5 Å². The van der Waals surface area contributed by atoms with Crippen LogP contribution in [0, 0.1) is 0 Å². The van der Waals surface area contributed by atoms with Crippen LogP contribution in [0.15, 0.2) is 10.4 Å². The van der Waals surface area contributed by atoms with E-state index in [1.54, 1.807) is 7.05 Å². The van der Waals surface area contributed by atoms with Gasteiger partial charge in [-0.15, -0.1) is 35.3 Å². The van der Waals surface area contributed by atoms with E-state index in [1.807, 2.05) is 6.92 Å². The quantitative estimate of drug-likeness (QED) is 0.289. The van der Waals surface area contributed by atoms with Crippen LogP contribution in [0.5, 0.6) is 0 Å². The van der Waals surface area contributed by atoms with Gasteiger partial charge in [0.1, 0.15) is 0 Å². The fourth-order valence-corrected chi connectivity index (χ4v) is 2.26. The summed E-state index contributed by atoms with van der Waals surface area (Å²) in [6.07, 6.45) is -3.97. The molecule has 0 spiro atoms. The van der Waals surface area contributed by atoms with Crippen molar-refractivity contribution in [2.45, 2.75) is 19.5 Å². The van der Waals surface area contributed by atoms with Crippen molar-refractivity contribution in [3.8, 4) is 0 Å². The molecule has 128 valence electrons. The smallest absolute Gasteiger partial charge is 0.380 e. The molecule has 0 aliphatic carbocycles. The Balaban J connectivity index is 0.00000441. The van der Waals surface area contributed by atoms with Gasteiger partial charge in [0.15, 0.2) is 11.7 Å². The minimum atomic E-state index is -4.38. The van der Waals surface area contributed by atoms with Crippen LogP contribution in [-0.4, -0.2) is 44.3 Å². The average Bonchev–Trinajstić information content (AvgIpc) is 2.90. The molecular formula is C12H20F3IN4OS. The van der Waals surface area contributed by atoms with Crippen molar-refractivity contribution in [3.05, 3.63) is 16.1 Å². The van der Waals surface area contributed by atoms with Gasteiger partial charge in [0, 0.05) is 38.5 Å². The molecule has 1 heterocycles. The van der Waals surface area contributed by atoms with Gasteiger partial charge in [0.25, 0.3) is 0 Å². The van der Waals surface area contributed by atoms with Gasteiger partial charge in [0.2, 0.25) is 0 Å². The molecule has 5 nitrogen and oxygen atoms in total. The standard InChI is InChI=1S/C12H19F3N4OS.HI/c1-3-20-7-6-18-11(16-2)17-5-4-10-19-9(8-21-10)12(13,14)15;/h8H,3-7H2,1-2H3,(H2,16,17,18);1H. The molecule has 1 aromatic heterocycles. The van der Waals surface area contributed by atoms with Crippen molar-refractivity contribution in [2.24, 2.45) is 4.99 Å². The third kappa shape index (κ3) is 8.13. The summed E-state index contributed by atoms with van der Waals surface area (Å²) in [6.45, 7) is 4.20. The molecule has 0 bridgehead atoms. The van der Waals surface area contributed by atoms with Gasteiger partial charge in [-0.25, -0.2) is 4.98 Å². The van der Waals surface area contributed by atoms with Crippen LogP contribution in [0.4, 0.5) is 13.2 Å². The van der Waals surface area contributed by atoms with Crippen molar-refractivity contribution in [3.63, 3.8) is 0 Å². The molecule has 22 heavy (non-hydrogen) atoms. The molecule has 2 N–H and O–H groups in total. The van der Waals surface area contributed by atoms with E-state index < -0.39 is 11.9 Å². The Morgan fingerprint density at radius 2 is 2.05 bits per heavy atom. The zero-order valence-corrected chi connectivity index (χ0v) is 15.5. The number of thiazole rings is 1. The number of alkyl halides is 3. The summed E-state index contributed by atoms with van der Waals surface area (Å²) in [5.74, 6) is 0.585. The van der Waals surface area contributed by atoms with Gasteiger partial charge < -0.3 is 15.4 Å². The molecule has 0 radical (unpaired) electrons. The van der Waals surface area contributed by atoms with Crippen LogP contribution in [0.25, 0.3) is 0 Å². The van der Waals surface area contributed by atoms with Crippen molar-refractivity contribution in [2.75, 3.05) is 33.4 Å². The summed E-state index contributed by atoms with van der Waals surface area (Å²) in [4.78, 5) is 7.57. The van der Waals surface area contributed by atoms with Crippen molar-refractivity contribution < 1.29 is 17.9 Å². The maximum atomic E-state index is 12.4. The number of nitrogens with one attached hydrogen (secondary N) is 2. The molecule has 0 aliphatic heterocycles. The van der Waals surface area contributed by atoms with E-state index in [4.69, 9.17) is 4.74 Å². The molecule has 0 unspecified atom stereocenters. The number of aliphatic imine (C=N–C) groups is 1. The molecule has 0 aromatic carbocycles. The second-order valence-corrected chi connectivity index (χ2v) is 4.94. The van der Waals surface area contributed by atoms with E-state index in [1.165, 1.54) is 0 Å². The maximum Gasteiger partial charge on any atom is 0.434 e. The third-order valence-corrected chi connectivity index (χ3v) is 3.35. The van der Waals surface area contributed by atoms with Crippen LogP contribution in [0.2, 0.25) is 0 Å². The molecule has 0 amide bonds. The fraction of sp³-hybridized carbons (Fsp3) is 0.667. The minimum Gasteiger partial charge on any atom is -0.380 e. The highest BCUT2D eigenvalue weighted by molar-refractivity contribution is 14.0. The molecule has 1 aromatic rings. The number of halogens is 4. The lowest BCUT2D eigenvalue weighted by atomic mass is 10.4. The second-order valence-electron chi connectivity index (χ2n) is 4.00. The Kier molecular flexibility index (Phi) is 10.7. The fourth-order valence-electron chi connectivity index (χ4n) is 1.45. The highest BCUT2D eigenvalue weighted by Crippen LogP contribution is 2.29. The van der Waals surface area contributed by atoms with E-state index in [9.17, 15) is 13.2 Å². The summed E-state index contributed by atoms with van der Waals surface area (Å²) in [6, 6.07) is 0. The highest BCUT2D eigenvalue weighted by Gasteiger charge is 2.33. The predicted octanol–water partition coefficient (Wildman–Crippen LogP) is 2.52. The number of aromatic nitrogens is 1. The number of hydrogen-bond acceptors (Lipinski definition) is 4. The Hall–Kier alpha value is -0.620. The van der Waals surface area contributed by atoms with Crippen LogP contribution < -0.4 is 10.6 Å². The molecule has 10 heteroatoms. The van der Waals surface area contributed by atoms with Crippen molar-refractivity contribution in [1.29, 1.82) is 0 Å². The first-order valence-corrected chi connectivity index (χ1v) is 7.39. The summed E-state index contributed by atoms with van der Waals surface area (Å²) in [5.41, 5.74) is -0.832. The lowest BCUT2D eigenvalue weighted by Gasteiger charge is -2.11. The van der Waals surface area contributed by atoms with E-state index in [0.717, 1.165) is 16.7 Å². The van der Waals surface area contributed by atoms with E-state index in [-0.39, 0.29) is 24.0 Å². The number of ether oxygens (including phenoxy) is 1. The van der Waals surface area contributed by atoms with Crippen molar-refractivity contribution in [1.82, 2.24) is 15.6 Å². The van der Waals surface area contributed by atoms with Crippen LogP contribution in [-0.2, 0) is 17.3 Å². The molecular weight excluding hydrogens is 432 g/mol. The summed E-state index contributed by atoms with van der Waals surface area (Å²) in [5, 5.41) is 7.52. The predicted molar refractivity (Wildman–Crippen MR) is 92.1 cm³/mol. The summed E-state index contributed by atoms with van der Waals surface area (Å²) in [7, 11) is 1.63. The van der Waals surface area contributed by atoms with Gasteiger partial charge in [-0.2, -0.15) is 13.2 Å². The zero-order chi connectivity index (χ0) is 15.7. The number of hydrogen-bond donors (Lipinski definition) is 2. The third-order valence-electron chi connectivity index (χ3n) is 2.44. The average molecular weight is 452 g/mol. The SMILES string of the molecule is CCOCCNC(=NC)NCCc1nc(C(F)(F)F)cs1.I. The first-order chi connectivity index (χ1) is 9.97. The van der Waals surface area contributed by atoms with Crippen molar-refractivity contribution >= 4 is 41.3 Å². The molecule has 0 fully saturated rings. The Morgan fingerprint density at radius 3 is 2.59 bits per heavy atom. The van der Waals surface area contributed by atoms with Crippen LogP contribution in [0.1, 0.15) is 17.6 Å². The molecule has 1 rings (SSSR count). The lowest BCUT2D eigenvalue weighted by Crippen LogP contribution is -2.39. The zero-order valence-electron chi connectivity index (χ0n) is 12.4. The van der Waals surface area contributed by atoms with E-state index in [0.29, 0.717) is 43.7 Å². The van der Waals surface area contributed by atoms with Gasteiger partial charge in [-0.3, -0.25) is 4.99 Å². The van der Waals surface area contributed by atoms with Gasteiger partial charge in [-0.05, 0) is 6.92 Å². The normalized spacial score (nSPS) is 12.0. The monoisotopic (exact) mass is 452 g/mol. The highest BCUT2D eigenvalue weighted by atomic mass is 127. The lowest BCUT2D eigenvalue weighted by molar-refractivity contribution is -0.140. The van der Waals surface area contributed by atoms with E-state index >= 15 is 0 Å².